The van der Waals surface area contributed by atoms with Gasteiger partial charge in [-0.15, -0.1) is 0 Å². The number of anilines is 1. The molecule has 1 aromatic heterocycles. The molecule has 8 heteroatoms. The molecule has 1 saturated heterocycles. The number of nitrogens with two attached hydrogens (primary N) is 1. The highest BCUT2D eigenvalue weighted by Gasteiger charge is 2.25. The molecule has 2 aromatic carbocycles. The van der Waals surface area contributed by atoms with Crippen LogP contribution in [0.3, 0.4) is 0 Å². The molecule has 42 heavy (non-hydrogen) atoms. The topological polar surface area (TPSA) is 104 Å². The average molecular weight is 572 g/mol. The standard InChI is InChI=1S/C34H45N5O3/c1-4-39(30-11-9-29(35)10-12-30)31-19-27(26-7-5-25(6-8-26)22-38-13-15-42-16-14-38)18-28(20-31)33(40)36-21-32-23(2)17-24(3)37-34(32)41/h5-8,17-20,29-30H,4,9-16,21-22,35H2,1-3H3,(H,36,40)(H,37,41)/t29-,30-. The minimum Gasteiger partial charge on any atom is -0.379 e. The highest BCUT2D eigenvalue weighted by molar-refractivity contribution is 5.97. The third kappa shape index (κ3) is 7.30. The molecule has 2 heterocycles. The van der Waals surface area contributed by atoms with E-state index in [9.17, 15) is 9.59 Å². The second-order valence-corrected chi connectivity index (χ2v) is 11.8. The smallest absolute Gasteiger partial charge is 0.253 e. The number of nitrogens with one attached hydrogen (secondary N) is 2. The number of pyridine rings is 1. The SMILES string of the molecule is CCN(c1cc(C(=O)NCc2c(C)cc(C)[nH]c2=O)cc(-c2ccc(CN3CCOCC3)cc2)c1)[C@H]1CC[C@H](N)CC1. The van der Waals surface area contributed by atoms with Crippen LogP contribution in [-0.4, -0.2) is 60.7 Å². The number of benzene rings is 2. The maximum atomic E-state index is 13.6. The summed E-state index contributed by atoms with van der Waals surface area (Å²) < 4.78 is 5.49. The van der Waals surface area contributed by atoms with Gasteiger partial charge < -0.3 is 25.7 Å². The predicted octanol–water partition coefficient (Wildman–Crippen LogP) is 4.52. The summed E-state index contributed by atoms with van der Waals surface area (Å²) in [6.45, 7) is 11.3. The summed E-state index contributed by atoms with van der Waals surface area (Å²) in [6, 6.07) is 17.4. The molecule has 5 rings (SSSR count). The van der Waals surface area contributed by atoms with Crippen LogP contribution in [0.4, 0.5) is 5.69 Å². The third-order valence-electron chi connectivity index (χ3n) is 8.75. The van der Waals surface area contributed by atoms with Gasteiger partial charge in [0, 0.05) is 67.3 Å². The van der Waals surface area contributed by atoms with Crippen molar-refractivity contribution in [3.8, 4) is 11.1 Å². The molecular weight excluding hydrogens is 526 g/mol. The maximum Gasteiger partial charge on any atom is 0.253 e. The van der Waals surface area contributed by atoms with Crippen LogP contribution in [0.2, 0.25) is 0 Å². The second kappa shape index (κ2) is 13.7. The predicted molar refractivity (Wildman–Crippen MR) is 169 cm³/mol. The van der Waals surface area contributed by atoms with E-state index >= 15 is 0 Å². The van der Waals surface area contributed by atoms with Crippen LogP contribution >= 0.6 is 0 Å². The van der Waals surface area contributed by atoms with Crippen LogP contribution in [-0.2, 0) is 17.8 Å². The Morgan fingerprint density at radius 1 is 1.02 bits per heavy atom. The summed E-state index contributed by atoms with van der Waals surface area (Å²) in [6.07, 6.45) is 4.13. The summed E-state index contributed by atoms with van der Waals surface area (Å²) >= 11 is 0. The fourth-order valence-electron chi connectivity index (χ4n) is 6.33. The van der Waals surface area contributed by atoms with Gasteiger partial charge in [0.1, 0.15) is 0 Å². The van der Waals surface area contributed by atoms with Gasteiger partial charge in [0.15, 0.2) is 0 Å². The molecule has 0 unspecified atom stereocenters. The van der Waals surface area contributed by atoms with E-state index in [0.717, 1.165) is 93.1 Å². The fraction of sp³-hybridized carbons (Fsp3) is 0.471. The Morgan fingerprint density at radius 2 is 1.74 bits per heavy atom. The largest absolute Gasteiger partial charge is 0.379 e. The van der Waals surface area contributed by atoms with Gasteiger partial charge in [-0.1, -0.05) is 24.3 Å². The van der Waals surface area contributed by atoms with Crippen molar-refractivity contribution in [3.05, 3.63) is 86.8 Å². The average Bonchev–Trinajstić information content (AvgIpc) is 2.98. The first-order valence-electron chi connectivity index (χ1n) is 15.3. The number of hydrogen-bond acceptors (Lipinski definition) is 6. The van der Waals surface area contributed by atoms with Crippen molar-refractivity contribution in [2.45, 2.75) is 71.6 Å². The molecule has 0 bridgehead atoms. The molecule has 1 amide bonds. The number of morpholine rings is 1. The van der Waals surface area contributed by atoms with Crippen LogP contribution in [0.25, 0.3) is 11.1 Å². The first-order chi connectivity index (χ1) is 20.3. The van der Waals surface area contributed by atoms with Crippen LogP contribution in [0.5, 0.6) is 0 Å². The first-order valence-corrected chi connectivity index (χ1v) is 15.3. The number of carbonyl (C=O) groups is 1. The minimum absolute atomic E-state index is 0.160. The van der Waals surface area contributed by atoms with Crippen molar-refractivity contribution in [3.63, 3.8) is 0 Å². The summed E-state index contributed by atoms with van der Waals surface area (Å²) in [5, 5.41) is 3.01. The van der Waals surface area contributed by atoms with E-state index in [1.54, 1.807) is 0 Å². The number of aromatic amines is 1. The molecule has 4 N–H and O–H groups in total. The lowest BCUT2D eigenvalue weighted by atomic mass is 9.90. The minimum atomic E-state index is -0.192. The molecular formula is C34H45N5O3. The van der Waals surface area contributed by atoms with Gasteiger partial charge in [0.25, 0.3) is 11.5 Å². The van der Waals surface area contributed by atoms with E-state index in [2.05, 4.69) is 57.4 Å². The Morgan fingerprint density at radius 3 is 2.40 bits per heavy atom. The Bertz CT molecular complexity index is 1420. The Labute approximate surface area is 249 Å². The van der Waals surface area contributed by atoms with E-state index in [0.29, 0.717) is 17.2 Å². The summed E-state index contributed by atoms with van der Waals surface area (Å²) in [4.78, 5) is 33.8. The lowest BCUT2D eigenvalue weighted by molar-refractivity contribution is 0.0342. The van der Waals surface area contributed by atoms with E-state index in [1.807, 2.05) is 32.0 Å². The van der Waals surface area contributed by atoms with Crippen molar-refractivity contribution in [1.82, 2.24) is 15.2 Å². The van der Waals surface area contributed by atoms with E-state index in [-0.39, 0.29) is 24.1 Å². The molecule has 1 saturated carbocycles. The van der Waals surface area contributed by atoms with E-state index < -0.39 is 0 Å². The normalized spacial score (nSPS) is 19.4. The number of carbonyl (C=O) groups excluding carboxylic acids is 1. The number of nitrogens with zero attached hydrogens (tertiary/aromatic N) is 2. The molecule has 0 radical (unpaired) electrons. The number of rotatable bonds is 9. The van der Waals surface area contributed by atoms with Crippen LogP contribution in [0, 0.1) is 13.8 Å². The molecule has 2 aliphatic rings. The third-order valence-corrected chi connectivity index (χ3v) is 8.75. The molecule has 2 fully saturated rings. The van der Waals surface area contributed by atoms with Crippen LogP contribution in [0.15, 0.2) is 53.3 Å². The number of ether oxygens (including phenoxy) is 1. The van der Waals surface area contributed by atoms with Gasteiger partial charge in [-0.2, -0.15) is 0 Å². The number of aromatic nitrogens is 1. The Balaban J connectivity index is 1.42. The molecule has 8 nitrogen and oxygen atoms in total. The van der Waals surface area contributed by atoms with Gasteiger partial charge in [-0.3, -0.25) is 14.5 Å². The zero-order chi connectivity index (χ0) is 29.6. The lowest BCUT2D eigenvalue weighted by Crippen LogP contribution is -2.41. The molecule has 1 aliphatic carbocycles. The maximum absolute atomic E-state index is 13.6. The molecule has 1 aliphatic heterocycles. The van der Waals surface area contributed by atoms with Gasteiger partial charge in [-0.25, -0.2) is 0 Å². The van der Waals surface area contributed by atoms with Gasteiger partial charge in [-0.05, 0) is 93.0 Å². The van der Waals surface area contributed by atoms with E-state index in [1.165, 1.54) is 5.56 Å². The second-order valence-electron chi connectivity index (χ2n) is 11.8. The fourth-order valence-corrected chi connectivity index (χ4v) is 6.33. The number of amides is 1. The monoisotopic (exact) mass is 571 g/mol. The van der Waals surface area contributed by atoms with Crippen molar-refractivity contribution in [2.24, 2.45) is 5.73 Å². The Kier molecular flexibility index (Phi) is 9.77. The van der Waals surface area contributed by atoms with Crippen molar-refractivity contribution in [1.29, 1.82) is 0 Å². The first kappa shape index (κ1) is 30.0. The molecule has 0 spiro atoms. The summed E-state index contributed by atoms with van der Waals surface area (Å²) in [7, 11) is 0. The summed E-state index contributed by atoms with van der Waals surface area (Å²) in [5.41, 5.74) is 13.3. The molecule has 0 atom stereocenters. The van der Waals surface area contributed by atoms with Gasteiger partial charge in [0.05, 0.1) is 13.2 Å². The number of H-pyrrole nitrogens is 1. The number of hydrogen-bond donors (Lipinski definition) is 3. The van der Waals surface area contributed by atoms with E-state index in [4.69, 9.17) is 10.5 Å². The lowest BCUT2D eigenvalue weighted by Gasteiger charge is -2.37. The zero-order valence-electron chi connectivity index (χ0n) is 25.2. The van der Waals surface area contributed by atoms with Crippen molar-refractivity contribution in [2.75, 3.05) is 37.7 Å². The number of aryl methyl sites for hydroxylation is 2. The van der Waals surface area contributed by atoms with Crippen LogP contribution in [0.1, 0.15) is 65.3 Å². The Hall–Kier alpha value is -3.46. The zero-order valence-corrected chi connectivity index (χ0v) is 25.2. The van der Waals surface area contributed by atoms with Crippen molar-refractivity contribution < 1.29 is 9.53 Å². The highest BCUT2D eigenvalue weighted by atomic mass is 16.5. The molecule has 3 aromatic rings. The molecule has 224 valence electrons. The van der Waals surface area contributed by atoms with Crippen LogP contribution < -0.4 is 21.5 Å². The van der Waals surface area contributed by atoms with Crippen molar-refractivity contribution >= 4 is 11.6 Å². The van der Waals surface area contributed by atoms with Gasteiger partial charge >= 0.3 is 0 Å². The summed E-state index contributed by atoms with van der Waals surface area (Å²) in [5.74, 6) is -0.192. The van der Waals surface area contributed by atoms with Gasteiger partial charge in [0.2, 0.25) is 0 Å². The quantitative estimate of drug-likeness (QED) is 0.349. The highest BCUT2D eigenvalue weighted by Crippen LogP contribution is 2.32.